The highest BCUT2D eigenvalue weighted by molar-refractivity contribution is 7.94. The molecule has 3 rings (SSSR count). The van der Waals surface area contributed by atoms with Gasteiger partial charge in [0.05, 0.1) is 16.3 Å². The quantitative estimate of drug-likeness (QED) is 0.639. The Morgan fingerprint density at radius 2 is 1.34 bits per heavy atom. The van der Waals surface area contributed by atoms with Gasteiger partial charge in [-0.1, -0.05) is 48.5 Å². The fraction of sp³-hybridized carbons (Fsp3) is 0.0455. The number of hydrogen-bond donors (Lipinski definition) is 1. The Kier molecular flexibility index (Phi) is 6.09. The number of hydrogen-bond acceptors (Lipinski definition) is 3. The van der Waals surface area contributed by atoms with Crippen molar-refractivity contribution in [2.45, 2.75) is 6.92 Å². The molecule has 0 bridgehead atoms. The van der Waals surface area contributed by atoms with Crippen molar-refractivity contribution < 1.29 is 17.6 Å². The summed E-state index contributed by atoms with van der Waals surface area (Å²) in [7, 11) is -4.10. The van der Waals surface area contributed by atoms with Gasteiger partial charge in [0, 0.05) is 0 Å². The van der Waals surface area contributed by atoms with Crippen LogP contribution in [0.15, 0.2) is 89.8 Å². The van der Waals surface area contributed by atoms with Crippen molar-refractivity contribution >= 4 is 33.5 Å². The van der Waals surface area contributed by atoms with Crippen LogP contribution in [-0.4, -0.2) is 14.4 Å². The summed E-state index contributed by atoms with van der Waals surface area (Å²) in [6, 6.07) is 22.0. The molecule has 3 aromatic carbocycles. The number of rotatable bonds is 5. The molecule has 3 aromatic rings. The molecular weight excluding hydrogens is 391 g/mol. The van der Waals surface area contributed by atoms with Gasteiger partial charge in [-0.05, 0) is 55.0 Å². The molecule has 0 saturated heterocycles. The summed E-state index contributed by atoms with van der Waals surface area (Å²) in [6.45, 7) is 1.37. The standard InChI is InChI=1S/C22H19FN2O3S/c1-17(16-18-12-14-19(23)15-13-18)29(27,28)24-22(26)25(20-8-4-2-5-9-20)21-10-6-3-7-11-21/h2-16H,1H3,(H,24,26)/b17-16+. The van der Waals surface area contributed by atoms with Crippen LogP contribution in [0.3, 0.4) is 0 Å². The molecule has 0 atom stereocenters. The van der Waals surface area contributed by atoms with Crippen LogP contribution in [0.4, 0.5) is 20.6 Å². The monoisotopic (exact) mass is 410 g/mol. The van der Waals surface area contributed by atoms with Crippen LogP contribution in [0.2, 0.25) is 0 Å². The van der Waals surface area contributed by atoms with Gasteiger partial charge in [0.2, 0.25) is 0 Å². The van der Waals surface area contributed by atoms with E-state index in [1.54, 1.807) is 60.7 Å². The van der Waals surface area contributed by atoms with E-state index < -0.39 is 21.9 Å². The van der Waals surface area contributed by atoms with E-state index in [2.05, 4.69) is 4.72 Å². The Morgan fingerprint density at radius 1 is 0.862 bits per heavy atom. The van der Waals surface area contributed by atoms with E-state index >= 15 is 0 Å². The number of sulfonamides is 1. The Morgan fingerprint density at radius 3 is 1.83 bits per heavy atom. The van der Waals surface area contributed by atoms with Crippen LogP contribution in [0.25, 0.3) is 6.08 Å². The lowest BCUT2D eigenvalue weighted by Crippen LogP contribution is -2.40. The zero-order valence-corrected chi connectivity index (χ0v) is 16.4. The van der Waals surface area contributed by atoms with Crippen molar-refractivity contribution in [3.05, 3.63) is 101 Å². The third kappa shape index (κ3) is 5.08. The van der Waals surface area contributed by atoms with Crippen molar-refractivity contribution in [1.82, 2.24) is 4.72 Å². The van der Waals surface area contributed by atoms with Gasteiger partial charge in [0.25, 0.3) is 10.0 Å². The summed E-state index contributed by atoms with van der Waals surface area (Å²) in [6.07, 6.45) is 1.37. The van der Waals surface area contributed by atoms with Crippen LogP contribution >= 0.6 is 0 Å². The molecular formula is C22H19FN2O3S. The second kappa shape index (κ2) is 8.70. The molecule has 0 aliphatic rings. The maximum atomic E-state index is 13.0. The summed E-state index contributed by atoms with van der Waals surface area (Å²) in [5.41, 5.74) is 1.54. The smallest absolute Gasteiger partial charge is 0.262 e. The van der Waals surface area contributed by atoms with Gasteiger partial charge in [-0.3, -0.25) is 4.90 Å². The van der Waals surface area contributed by atoms with Crippen molar-refractivity contribution in [2.75, 3.05) is 4.90 Å². The Bertz CT molecular complexity index is 1070. The molecule has 0 aromatic heterocycles. The van der Waals surface area contributed by atoms with Gasteiger partial charge in [-0.25, -0.2) is 22.3 Å². The van der Waals surface area contributed by atoms with Gasteiger partial charge in [0.15, 0.2) is 0 Å². The number of benzene rings is 3. The van der Waals surface area contributed by atoms with Gasteiger partial charge < -0.3 is 0 Å². The molecule has 0 unspecified atom stereocenters. The molecule has 2 amide bonds. The fourth-order valence-electron chi connectivity index (χ4n) is 2.65. The molecule has 5 nitrogen and oxygen atoms in total. The summed E-state index contributed by atoms with van der Waals surface area (Å²) in [5.74, 6) is -0.419. The van der Waals surface area contributed by atoms with E-state index in [0.717, 1.165) is 0 Å². The first-order valence-corrected chi connectivity index (χ1v) is 10.3. The van der Waals surface area contributed by atoms with Crippen molar-refractivity contribution in [2.24, 2.45) is 0 Å². The number of urea groups is 1. The molecule has 1 N–H and O–H groups in total. The lowest BCUT2D eigenvalue weighted by molar-refractivity contribution is 0.253. The van der Waals surface area contributed by atoms with E-state index in [1.165, 1.54) is 42.2 Å². The van der Waals surface area contributed by atoms with Gasteiger partial charge in [0.1, 0.15) is 5.82 Å². The van der Waals surface area contributed by atoms with Crippen LogP contribution in [-0.2, 0) is 10.0 Å². The Hall–Kier alpha value is -3.45. The first kappa shape index (κ1) is 20.3. The third-order valence-electron chi connectivity index (χ3n) is 4.12. The van der Waals surface area contributed by atoms with E-state index in [4.69, 9.17) is 0 Å². The zero-order valence-electron chi connectivity index (χ0n) is 15.6. The van der Waals surface area contributed by atoms with E-state index in [-0.39, 0.29) is 4.91 Å². The number of carbonyl (C=O) groups excluding carboxylic acids is 1. The average molecular weight is 410 g/mol. The SMILES string of the molecule is C/C(=C\c1ccc(F)cc1)S(=O)(=O)NC(=O)N(c1ccccc1)c1ccccc1. The molecule has 7 heteroatoms. The summed E-state index contributed by atoms with van der Waals surface area (Å²) in [5, 5.41) is 0. The summed E-state index contributed by atoms with van der Waals surface area (Å²) < 4.78 is 40.5. The molecule has 148 valence electrons. The number of carbonyl (C=O) groups is 1. The average Bonchev–Trinajstić information content (AvgIpc) is 2.71. The number of anilines is 2. The second-order valence-electron chi connectivity index (χ2n) is 6.22. The predicted octanol–water partition coefficient (Wildman–Crippen LogP) is 5.06. The second-order valence-corrected chi connectivity index (χ2v) is 8.08. The fourth-order valence-corrected chi connectivity index (χ4v) is 3.42. The van der Waals surface area contributed by atoms with Crippen molar-refractivity contribution in [3.63, 3.8) is 0 Å². The number of para-hydroxylation sites is 2. The normalized spacial score (nSPS) is 11.7. The largest absolute Gasteiger partial charge is 0.340 e. The highest BCUT2D eigenvalue weighted by Crippen LogP contribution is 2.25. The van der Waals surface area contributed by atoms with E-state index in [9.17, 15) is 17.6 Å². The number of allylic oxidation sites excluding steroid dienone is 1. The first-order chi connectivity index (χ1) is 13.9. The third-order valence-corrected chi connectivity index (χ3v) is 5.53. The number of nitrogens with one attached hydrogen (secondary N) is 1. The minimum absolute atomic E-state index is 0.0708. The zero-order chi connectivity index (χ0) is 20.9. The minimum atomic E-state index is -4.10. The number of amides is 2. The molecule has 0 spiro atoms. The molecule has 0 aliphatic heterocycles. The van der Waals surface area contributed by atoms with Crippen LogP contribution in [0, 0.1) is 5.82 Å². The topological polar surface area (TPSA) is 66.5 Å². The first-order valence-electron chi connectivity index (χ1n) is 8.78. The van der Waals surface area contributed by atoms with Crippen LogP contribution in [0.5, 0.6) is 0 Å². The molecule has 0 fully saturated rings. The van der Waals surface area contributed by atoms with Gasteiger partial charge >= 0.3 is 6.03 Å². The maximum absolute atomic E-state index is 13.0. The van der Waals surface area contributed by atoms with Crippen molar-refractivity contribution in [1.29, 1.82) is 0 Å². The molecule has 0 radical (unpaired) electrons. The van der Waals surface area contributed by atoms with Crippen LogP contribution < -0.4 is 9.62 Å². The lowest BCUT2D eigenvalue weighted by atomic mass is 10.2. The molecule has 0 heterocycles. The lowest BCUT2D eigenvalue weighted by Gasteiger charge is -2.23. The number of halogens is 1. The molecule has 29 heavy (non-hydrogen) atoms. The Balaban J connectivity index is 1.89. The Labute approximate surface area is 169 Å². The minimum Gasteiger partial charge on any atom is -0.262 e. The van der Waals surface area contributed by atoms with E-state index in [1.807, 2.05) is 0 Å². The van der Waals surface area contributed by atoms with Crippen LogP contribution in [0.1, 0.15) is 12.5 Å². The predicted molar refractivity (Wildman–Crippen MR) is 113 cm³/mol. The maximum Gasteiger partial charge on any atom is 0.340 e. The number of nitrogens with zero attached hydrogens (tertiary/aromatic N) is 1. The highest BCUT2D eigenvalue weighted by Gasteiger charge is 2.24. The highest BCUT2D eigenvalue weighted by atomic mass is 32.2. The van der Waals surface area contributed by atoms with Gasteiger partial charge in [-0.15, -0.1) is 0 Å². The molecule has 0 aliphatic carbocycles. The summed E-state index contributed by atoms with van der Waals surface area (Å²) in [4.78, 5) is 14.1. The molecule has 0 saturated carbocycles. The van der Waals surface area contributed by atoms with Crippen molar-refractivity contribution in [3.8, 4) is 0 Å². The van der Waals surface area contributed by atoms with Gasteiger partial charge in [-0.2, -0.15) is 0 Å². The summed E-state index contributed by atoms with van der Waals surface area (Å²) >= 11 is 0. The van der Waals surface area contributed by atoms with E-state index in [0.29, 0.717) is 16.9 Å².